The Hall–Kier alpha value is -0.670. The Morgan fingerprint density at radius 3 is 2.12 bits per heavy atom. The van der Waals surface area contributed by atoms with Crippen LogP contribution in [-0.4, -0.2) is 58.7 Å². The van der Waals surface area contributed by atoms with Gasteiger partial charge in [0, 0.05) is 12.8 Å². The molecule has 0 N–H and O–H groups in total. The number of carbonyl (C=O) groups excluding carboxylic acids is 1. The highest BCUT2D eigenvalue weighted by molar-refractivity contribution is 8.06. The molecule has 0 aliphatic heterocycles. The second-order valence-corrected chi connectivity index (χ2v) is 8.04. The third-order valence-electron chi connectivity index (χ3n) is 1.76. The first-order valence-corrected chi connectivity index (χ1v) is 8.51. The van der Waals surface area contributed by atoms with Crippen LogP contribution in [0.4, 0.5) is 0 Å². The minimum atomic E-state index is -4.00. The van der Waals surface area contributed by atoms with Crippen LogP contribution in [0.2, 0.25) is 0 Å². The monoisotopic (exact) mass is 287 g/mol. The fraction of sp³-hybridized carbons (Fsp3) is 0.875. The Labute approximate surface area is 102 Å². The molecular weight excluding hydrogens is 270 g/mol. The molecule has 0 aliphatic carbocycles. The summed E-state index contributed by atoms with van der Waals surface area (Å²) in [5.41, 5.74) is 0. The first kappa shape index (κ1) is 16.3. The fourth-order valence-electron chi connectivity index (χ4n) is 1.12. The highest BCUT2D eigenvalue weighted by Gasteiger charge is 2.27. The van der Waals surface area contributed by atoms with Crippen molar-refractivity contribution in [3.63, 3.8) is 0 Å². The number of sulfonamides is 1. The first-order valence-electron chi connectivity index (χ1n) is 4.84. The van der Waals surface area contributed by atoms with Gasteiger partial charge in [0.25, 0.3) is 0 Å². The first-order chi connectivity index (χ1) is 7.62. The molecular formula is C8H17NO6S2. The Morgan fingerprint density at radius 1 is 1.24 bits per heavy atom. The summed E-state index contributed by atoms with van der Waals surface area (Å²) in [6, 6.07) is 0. The molecule has 9 heteroatoms. The van der Waals surface area contributed by atoms with Crippen molar-refractivity contribution in [2.24, 2.45) is 0 Å². The van der Waals surface area contributed by atoms with Gasteiger partial charge in [0.1, 0.15) is 6.54 Å². The van der Waals surface area contributed by atoms with Gasteiger partial charge in [-0.3, -0.25) is 4.79 Å². The van der Waals surface area contributed by atoms with E-state index in [9.17, 15) is 21.6 Å². The fourth-order valence-corrected chi connectivity index (χ4v) is 4.64. The van der Waals surface area contributed by atoms with Crippen LogP contribution in [0.5, 0.6) is 0 Å². The van der Waals surface area contributed by atoms with E-state index in [1.54, 1.807) is 6.92 Å². The summed E-state index contributed by atoms with van der Waals surface area (Å²) < 4.78 is 50.6. The van der Waals surface area contributed by atoms with E-state index in [0.29, 0.717) is 6.42 Å². The van der Waals surface area contributed by atoms with Crippen molar-refractivity contribution in [1.82, 2.24) is 4.31 Å². The summed E-state index contributed by atoms with van der Waals surface area (Å²) in [6.07, 6.45) is 1.30. The van der Waals surface area contributed by atoms with E-state index < -0.39 is 37.5 Å². The maximum atomic E-state index is 11.7. The van der Waals surface area contributed by atoms with Crippen molar-refractivity contribution in [2.75, 3.05) is 31.5 Å². The second-order valence-electron chi connectivity index (χ2n) is 3.57. The van der Waals surface area contributed by atoms with Crippen molar-refractivity contribution < 1.29 is 26.4 Å². The van der Waals surface area contributed by atoms with Crippen LogP contribution >= 0.6 is 0 Å². The van der Waals surface area contributed by atoms with Gasteiger partial charge in [-0.05, 0) is 6.42 Å². The lowest BCUT2D eigenvalue weighted by Crippen LogP contribution is -2.39. The predicted octanol–water partition coefficient (Wildman–Crippen LogP) is -0.797. The summed E-state index contributed by atoms with van der Waals surface area (Å²) in [4.78, 5) is 11.0. The summed E-state index contributed by atoms with van der Waals surface area (Å²) in [7, 11) is -6.54. The Balaban J connectivity index is 4.98. The van der Waals surface area contributed by atoms with Gasteiger partial charge in [-0.15, -0.1) is 0 Å². The number of nitrogens with zero attached hydrogens (tertiary/aromatic N) is 1. The summed E-state index contributed by atoms with van der Waals surface area (Å²) in [6.45, 7) is 1.33. The number of ether oxygens (including phenoxy) is 1. The van der Waals surface area contributed by atoms with Crippen LogP contribution in [0.25, 0.3) is 0 Å². The van der Waals surface area contributed by atoms with Crippen molar-refractivity contribution in [2.45, 2.75) is 13.3 Å². The van der Waals surface area contributed by atoms with E-state index in [0.717, 1.165) is 17.7 Å². The van der Waals surface area contributed by atoms with E-state index >= 15 is 0 Å². The van der Waals surface area contributed by atoms with Gasteiger partial charge in [-0.2, -0.15) is 4.31 Å². The lowest BCUT2D eigenvalue weighted by molar-refractivity contribution is -0.140. The van der Waals surface area contributed by atoms with Crippen LogP contribution in [0.3, 0.4) is 0 Å². The third kappa shape index (κ3) is 6.59. The zero-order chi connectivity index (χ0) is 13.7. The molecule has 0 aliphatic rings. The van der Waals surface area contributed by atoms with Gasteiger partial charge >= 0.3 is 5.97 Å². The van der Waals surface area contributed by atoms with Crippen LogP contribution in [0.1, 0.15) is 13.3 Å². The third-order valence-corrected chi connectivity index (χ3v) is 5.77. The Bertz CT molecular complexity index is 452. The van der Waals surface area contributed by atoms with Gasteiger partial charge in [0.05, 0.1) is 7.11 Å². The van der Waals surface area contributed by atoms with Crippen molar-refractivity contribution >= 4 is 25.8 Å². The van der Waals surface area contributed by atoms with E-state index in [1.165, 1.54) is 0 Å². The van der Waals surface area contributed by atoms with E-state index in [-0.39, 0.29) is 6.54 Å². The molecule has 0 aromatic carbocycles. The SMILES string of the molecule is CCCN(CC(=O)OC)S(=O)(=O)CS(C)(=O)=O. The number of methoxy groups -OCH3 is 1. The molecule has 0 aromatic heterocycles. The predicted molar refractivity (Wildman–Crippen MR) is 62.5 cm³/mol. The molecule has 0 saturated carbocycles. The van der Waals surface area contributed by atoms with Gasteiger partial charge in [0.15, 0.2) is 14.9 Å². The number of sulfone groups is 1. The minimum absolute atomic E-state index is 0.0763. The number of hydrogen-bond acceptors (Lipinski definition) is 6. The standard InChI is InChI=1S/C8H17NO6S2/c1-4-5-9(6-8(10)15-2)17(13,14)7-16(3,11)12/h4-7H2,1-3H3. The lowest BCUT2D eigenvalue weighted by Gasteiger charge is -2.19. The lowest BCUT2D eigenvalue weighted by atomic mass is 10.5. The second kappa shape index (κ2) is 6.31. The maximum Gasteiger partial charge on any atom is 0.321 e. The van der Waals surface area contributed by atoms with Gasteiger partial charge in [-0.25, -0.2) is 16.8 Å². The van der Waals surface area contributed by atoms with Crippen LogP contribution in [-0.2, 0) is 29.4 Å². The number of rotatable bonds is 7. The molecule has 0 aromatic rings. The van der Waals surface area contributed by atoms with Crippen molar-refractivity contribution in [3.8, 4) is 0 Å². The molecule has 102 valence electrons. The van der Waals surface area contributed by atoms with Gasteiger partial charge < -0.3 is 4.74 Å². The van der Waals surface area contributed by atoms with E-state index in [2.05, 4.69) is 4.74 Å². The van der Waals surface area contributed by atoms with Crippen LogP contribution in [0, 0.1) is 0 Å². The van der Waals surface area contributed by atoms with Crippen molar-refractivity contribution in [3.05, 3.63) is 0 Å². The average molecular weight is 287 g/mol. The minimum Gasteiger partial charge on any atom is -0.468 e. The molecule has 7 nitrogen and oxygen atoms in total. The number of esters is 1. The summed E-state index contributed by atoms with van der Waals surface area (Å²) in [5, 5.41) is -1.00. The summed E-state index contributed by atoms with van der Waals surface area (Å²) in [5.74, 6) is -0.726. The van der Waals surface area contributed by atoms with E-state index in [1.807, 2.05) is 0 Å². The molecule has 0 rings (SSSR count). The smallest absolute Gasteiger partial charge is 0.321 e. The van der Waals surface area contributed by atoms with Crippen molar-refractivity contribution in [1.29, 1.82) is 0 Å². The maximum absolute atomic E-state index is 11.7. The number of hydrogen-bond donors (Lipinski definition) is 0. The highest BCUT2D eigenvalue weighted by Crippen LogP contribution is 2.06. The van der Waals surface area contributed by atoms with Gasteiger partial charge in [-0.1, -0.05) is 6.92 Å². The molecule has 0 amide bonds. The molecule has 0 radical (unpaired) electrons. The molecule has 17 heavy (non-hydrogen) atoms. The zero-order valence-corrected chi connectivity index (χ0v) is 11.7. The Kier molecular flexibility index (Phi) is 6.06. The summed E-state index contributed by atoms with van der Waals surface area (Å²) >= 11 is 0. The normalized spacial score (nSPS) is 12.7. The molecule has 0 atom stereocenters. The van der Waals surface area contributed by atoms with Gasteiger partial charge in [0.2, 0.25) is 10.0 Å². The average Bonchev–Trinajstić information content (AvgIpc) is 2.13. The quantitative estimate of drug-likeness (QED) is 0.569. The Morgan fingerprint density at radius 2 is 1.76 bits per heavy atom. The zero-order valence-electron chi connectivity index (χ0n) is 10.0. The largest absolute Gasteiger partial charge is 0.468 e. The van der Waals surface area contributed by atoms with Crippen LogP contribution in [0.15, 0.2) is 0 Å². The molecule has 0 spiro atoms. The topological polar surface area (TPSA) is 97.8 Å². The highest BCUT2D eigenvalue weighted by atomic mass is 32.3. The molecule has 0 fully saturated rings. The van der Waals surface area contributed by atoms with E-state index in [4.69, 9.17) is 0 Å². The molecule has 0 bridgehead atoms. The molecule has 0 heterocycles. The number of carbonyl (C=O) groups is 1. The molecule has 0 unspecified atom stereocenters. The molecule has 0 saturated heterocycles. The van der Waals surface area contributed by atoms with Crippen LogP contribution < -0.4 is 0 Å².